The van der Waals surface area contributed by atoms with Gasteiger partial charge in [0.25, 0.3) is 0 Å². The third kappa shape index (κ3) is 2.26. The Kier molecular flexibility index (Phi) is 3.07. The normalized spacial score (nSPS) is 11.9. The van der Waals surface area contributed by atoms with Crippen LogP contribution in [0.5, 0.6) is 0 Å². The first-order valence-corrected chi connectivity index (χ1v) is 7.00. The summed E-state index contributed by atoms with van der Waals surface area (Å²) in [5.41, 5.74) is 0.882. The van der Waals surface area contributed by atoms with E-state index in [1.807, 2.05) is 17.7 Å². The quantitative estimate of drug-likeness (QED) is 0.840. The predicted molar refractivity (Wildman–Crippen MR) is 66.2 cm³/mol. The van der Waals surface area contributed by atoms with Gasteiger partial charge in [-0.2, -0.15) is 4.57 Å². The van der Waals surface area contributed by atoms with Gasteiger partial charge in [-0.3, -0.25) is 0 Å². The maximum atomic E-state index is 11.3. The summed E-state index contributed by atoms with van der Waals surface area (Å²) in [4.78, 5) is 0.0701. The van der Waals surface area contributed by atoms with Crippen molar-refractivity contribution in [1.82, 2.24) is 0 Å². The number of primary sulfonamides is 1. The van der Waals surface area contributed by atoms with Gasteiger partial charge < -0.3 is 0 Å². The summed E-state index contributed by atoms with van der Waals surface area (Å²) in [6, 6.07) is 6.43. The second-order valence-electron chi connectivity index (χ2n) is 3.67. The summed E-state index contributed by atoms with van der Waals surface area (Å²) in [6.45, 7) is 2.78. The topological polar surface area (TPSA) is 64.0 Å². The number of nitrogens with zero attached hydrogens (tertiary/aromatic N) is 1. The fraction of sp³-hybridized carbons (Fsp3) is 0.182. The summed E-state index contributed by atoms with van der Waals surface area (Å²) < 4.78 is 24.5. The number of benzene rings is 1. The van der Waals surface area contributed by atoms with Crippen LogP contribution in [0.1, 0.15) is 6.92 Å². The maximum Gasteiger partial charge on any atom is 0.238 e. The molecule has 6 heteroatoms. The Labute approximate surface area is 105 Å². The van der Waals surface area contributed by atoms with Crippen molar-refractivity contribution < 1.29 is 13.0 Å². The van der Waals surface area contributed by atoms with E-state index in [-0.39, 0.29) is 4.90 Å². The van der Waals surface area contributed by atoms with Gasteiger partial charge in [-0.15, -0.1) is 0 Å². The zero-order valence-corrected chi connectivity index (χ0v) is 10.8. The van der Waals surface area contributed by atoms with E-state index in [1.165, 1.54) is 12.1 Å². The number of pyridine rings is 1. The molecular formula is C11H12ClN2O2S+. The number of hydrogen-bond acceptors (Lipinski definition) is 2. The number of nitrogens with two attached hydrogens (primary N) is 1. The molecule has 0 aliphatic carbocycles. The van der Waals surface area contributed by atoms with Gasteiger partial charge in [-0.1, -0.05) is 11.6 Å². The summed E-state index contributed by atoms with van der Waals surface area (Å²) in [5.74, 6) is 0. The van der Waals surface area contributed by atoms with Crippen LogP contribution in [-0.2, 0) is 16.6 Å². The Morgan fingerprint density at radius 2 is 2.06 bits per heavy atom. The lowest BCUT2D eigenvalue weighted by atomic mass is 10.2. The third-order valence-corrected chi connectivity index (χ3v) is 3.85. The maximum absolute atomic E-state index is 11.3. The van der Waals surface area contributed by atoms with Crippen LogP contribution in [0.3, 0.4) is 0 Å². The fourth-order valence-corrected chi connectivity index (χ4v) is 2.48. The average molecular weight is 272 g/mol. The minimum atomic E-state index is -3.70. The Morgan fingerprint density at radius 1 is 1.35 bits per heavy atom. The van der Waals surface area contributed by atoms with Gasteiger partial charge in [0, 0.05) is 12.1 Å². The van der Waals surface area contributed by atoms with E-state index in [4.69, 9.17) is 16.7 Å². The van der Waals surface area contributed by atoms with Crippen molar-refractivity contribution in [3.8, 4) is 0 Å². The van der Waals surface area contributed by atoms with Crippen LogP contribution in [0.25, 0.3) is 10.9 Å². The minimum Gasteiger partial charge on any atom is -0.225 e. The minimum absolute atomic E-state index is 0.0701. The van der Waals surface area contributed by atoms with Gasteiger partial charge in [-0.25, -0.2) is 13.6 Å². The largest absolute Gasteiger partial charge is 0.238 e. The molecule has 0 aliphatic heterocycles. The highest BCUT2D eigenvalue weighted by atomic mass is 35.5. The monoisotopic (exact) mass is 271 g/mol. The SMILES string of the molecule is CC[n+]1ccc(Cl)c2cc(S(N)(=O)=O)ccc21. The number of fused-ring (bicyclic) bond motifs is 1. The van der Waals surface area contributed by atoms with Crippen molar-refractivity contribution >= 4 is 32.5 Å². The summed E-state index contributed by atoms with van der Waals surface area (Å²) in [5, 5.41) is 6.28. The highest BCUT2D eigenvalue weighted by molar-refractivity contribution is 7.89. The molecule has 1 aromatic carbocycles. The molecule has 0 unspecified atom stereocenters. The molecule has 4 nitrogen and oxygen atoms in total. The molecule has 0 radical (unpaired) electrons. The van der Waals surface area contributed by atoms with E-state index in [2.05, 4.69) is 0 Å². The summed E-state index contributed by atoms with van der Waals surface area (Å²) >= 11 is 6.06. The molecule has 0 saturated heterocycles. The van der Waals surface area contributed by atoms with Crippen LogP contribution in [0.4, 0.5) is 0 Å². The van der Waals surface area contributed by atoms with E-state index in [0.29, 0.717) is 10.4 Å². The zero-order chi connectivity index (χ0) is 12.6. The highest BCUT2D eigenvalue weighted by Crippen LogP contribution is 2.23. The lowest BCUT2D eigenvalue weighted by molar-refractivity contribution is -0.667. The number of aryl methyl sites for hydroxylation is 1. The van der Waals surface area contributed by atoms with Crippen molar-refractivity contribution in [2.75, 3.05) is 0 Å². The number of rotatable bonds is 2. The lowest BCUT2D eigenvalue weighted by Gasteiger charge is -2.03. The van der Waals surface area contributed by atoms with Crippen LogP contribution in [0.15, 0.2) is 35.4 Å². The van der Waals surface area contributed by atoms with Gasteiger partial charge >= 0.3 is 0 Å². The molecule has 17 heavy (non-hydrogen) atoms. The molecule has 0 spiro atoms. The predicted octanol–water partition coefficient (Wildman–Crippen LogP) is 1.45. The molecule has 2 rings (SSSR count). The first kappa shape index (κ1) is 12.3. The van der Waals surface area contributed by atoms with Crippen molar-refractivity contribution in [2.45, 2.75) is 18.4 Å². The highest BCUT2D eigenvalue weighted by Gasteiger charge is 2.14. The molecule has 0 amide bonds. The molecule has 1 heterocycles. The molecule has 0 bridgehead atoms. The fourth-order valence-electron chi connectivity index (χ4n) is 1.74. The van der Waals surface area contributed by atoms with Crippen molar-refractivity contribution in [3.05, 3.63) is 35.5 Å². The molecule has 90 valence electrons. The van der Waals surface area contributed by atoms with Crippen molar-refractivity contribution in [3.63, 3.8) is 0 Å². The smallest absolute Gasteiger partial charge is 0.225 e. The Hall–Kier alpha value is -1.17. The summed E-state index contributed by atoms with van der Waals surface area (Å²) in [6.07, 6.45) is 1.86. The molecule has 1 aromatic heterocycles. The zero-order valence-electron chi connectivity index (χ0n) is 9.22. The van der Waals surface area contributed by atoms with Gasteiger partial charge in [-0.05, 0) is 19.1 Å². The molecule has 0 atom stereocenters. The number of hydrogen-bond donors (Lipinski definition) is 1. The molecule has 2 aromatic rings. The van der Waals surface area contributed by atoms with Crippen LogP contribution in [0, 0.1) is 0 Å². The van der Waals surface area contributed by atoms with E-state index in [9.17, 15) is 8.42 Å². The number of aromatic nitrogens is 1. The average Bonchev–Trinajstić information content (AvgIpc) is 2.28. The van der Waals surface area contributed by atoms with Gasteiger partial charge in [0.05, 0.1) is 15.3 Å². The van der Waals surface area contributed by atoms with Crippen molar-refractivity contribution in [1.29, 1.82) is 0 Å². The van der Waals surface area contributed by atoms with Crippen LogP contribution >= 0.6 is 11.6 Å². The van der Waals surface area contributed by atoms with Crippen LogP contribution < -0.4 is 9.71 Å². The molecule has 2 N–H and O–H groups in total. The van der Waals surface area contributed by atoms with E-state index < -0.39 is 10.0 Å². The molecule has 0 saturated carbocycles. The first-order valence-electron chi connectivity index (χ1n) is 5.08. The third-order valence-electron chi connectivity index (χ3n) is 2.60. The van der Waals surface area contributed by atoms with Crippen LogP contribution in [-0.4, -0.2) is 8.42 Å². The van der Waals surface area contributed by atoms with E-state index in [1.54, 1.807) is 12.1 Å². The standard InChI is InChI=1S/C11H12ClN2O2S/c1-2-14-6-5-10(12)9-7-8(17(13,15)16)3-4-11(9)14/h3-7H,2H2,1H3,(H2,13,15,16)/q+1. The number of halogens is 1. The Bertz CT molecular complexity index is 683. The van der Waals surface area contributed by atoms with E-state index >= 15 is 0 Å². The van der Waals surface area contributed by atoms with Crippen LogP contribution in [0.2, 0.25) is 5.02 Å². The molecular weight excluding hydrogens is 260 g/mol. The first-order chi connectivity index (χ1) is 7.93. The Morgan fingerprint density at radius 3 is 2.65 bits per heavy atom. The second kappa shape index (κ2) is 4.25. The van der Waals surface area contributed by atoms with Gasteiger partial charge in [0.15, 0.2) is 6.20 Å². The lowest BCUT2D eigenvalue weighted by Crippen LogP contribution is -2.32. The van der Waals surface area contributed by atoms with Crippen molar-refractivity contribution in [2.24, 2.45) is 5.14 Å². The van der Waals surface area contributed by atoms with E-state index in [0.717, 1.165) is 12.1 Å². The second-order valence-corrected chi connectivity index (χ2v) is 5.64. The van der Waals surface area contributed by atoms with Gasteiger partial charge in [0.1, 0.15) is 6.54 Å². The molecule has 0 aliphatic rings. The Balaban J connectivity index is 2.83. The van der Waals surface area contributed by atoms with Gasteiger partial charge in [0.2, 0.25) is 15.5 Å². The molecule has 0 fully saturated rings. The number of sulfonamides is 1. The summed E-state index contributed by atoms with van der Waals surface area (Å²) in [7, 11) is -3.70.